The third-order valence-electron chi connectivity index (χ3n) is 3.44. The van der Waals surface area contributed by atoms with Crippen molar-refractivity contribution >= 4 is 5.91 Å². The molecule has 0 saturated heterocycles. The molecule has 0 radical (unpaired) electrons. The summed E-state index contributed by atoms with van der Waals surface area (Å²) in [6, 6.07) is 0.406. The van der Waals surface area contributed by atoms with E-state index in [4.69, 9.17) is 5.11 Å². The number of aromatic hydroxyl groups is 1. The van der Waals surface area contributed by atoms with E-state index < -0.39 is 40.8 Å². The average molecular weight is 289 g/mol. The number of rotatable bonds is 3. The predicted octanol–water partition coefficient (Wildman–Crippen LogP) is 1.70. The Morgan fingerprint density at radius 1 is 1.30 bits per heavy atom. The van der Waals surface area contributed by atoms with Crippen LogP contribution in [0.2, 0.25) is 0 Å². The number of halogens is 3. The Hall–Kier alpha value is -1.76. The molecule has 0 spiro atoms. The standard InChI is InChI=1S/C13H14F3NO3/c14-9-4-8(10(15)12(19)11(9)16)13(20)17-5-6-1-2-7(18)3-6/h4,6-7,18-19H,1-3,5H2,(H,17,20). The number of amides is 1. The Bertz CT molecular complexity index is 536. The first-order valence-electron chi connectivity index (χ1n) is 6.23. The van der Waals surface area contributed by atoms with Gasteiger partial charge < -0.3 is 15.5 Å². The van der Waals surface area contributed by atoms with E-state index in [9.17, 15) is 23.1 Å². The normalized spacial score (nSPS) is 22.0. The second kappa shape index (κ2) is 5.70. The summed E-state index contributed by atoms with van der Waals surface area (Å²) in [4.78, 5) is 11.7. The lowest BCUT2D eigenvalue weighted by molar-refractivity contribution is 0.0939. The topological polar surface area (TPSA) is 69.6 Å². The fourth-order valence-electron chi connectivity index (χ4n) is 2.32. The van der Waals surface area contributed by atoms with Crippen LogP contribution in [-0.2, 0) is 0 Å². The van der Waals surface area contributed by atoms with E-state index in [2.05, 4.69) is 5.32 Å². The van der Waals surface area contributed by atoms with Gasteiger partial charge >= 0.3 is 0 Å². The zero-order valence-electron chi connectivity index (χ0n) is 10.5. The molecule has 1 aliphatic carbocycles. The van der Waals surface area contributed by atoms with Gasteiger partial charge in [0.05, 0.1) is 11.7 Å². The van der Waals surface area contributed by atoms with Crippen LogP contribution in [-0.4, -0.2) is 28.8 Å². The highest BCUT2D eigenvalue weighted by Crippen LogP contribution is 2.27. The van der Waals surface area contributed by atoms with Crippen molar-refractivity contribution in [2.24, 2.45) is 5.92 Å². The summed E-state index contributed by atoms with van der Waals surface area (Å²) in [6.45, 7) is 0.203. The SMILES string of the molecule is O=C(NCC1CCC(O)C1)c1cc(F)c(F)c(O)c1F. The van der Waals surface area contributed by atoms with Crippen LogP contribution in [0.3, 0.4) is 0 Å². The van der Waals surface area contributed by atoms with Gasteiger partial charge in [0.2, 0.25) is 5.82 Å². The molecular formula is C13H14F3NO3. The lowest BCUT2D eigenvalue weighted by Crippen LogP contribution is -2.29. The molecule has 0 aromatic heterocycles. The first-order valence-corrected chi connectivity index (χ1v) is 6.23. The maximum absolute atomic E-state index is 13.5. The first kappa shape index (κ1) is 14.6. The molecule has 7 heteroatoms. The molecule has 3 N–H and O–H groups in total. The van der Waals surface area contributed by atoms with Gasteiger partial charge in [-0.05, 0) is 31.2 Å². The Kier molecular flexibility index (Phi) is 4.17. The largest absolute Gasteiger partial charge is 0.503 e. The molecule has 0 heterocycles. The summed E-state index contributed by atoms with van der Waals surface area (Å²) >= 11 is 0. The van der Waals surface area contributed by atoms with Crippen molar-refractivity contribution in [2.75, 3.05) is 6.54 Å². The van der Waals surface area contributed by atoms with E-state index in [1.54, 1.807) is 0 Å². The zero-order valence-corrected chi connectivity index (χ0v) is 10.5. The minimum absolute atomic E-state index is 0.0657. The third-order valence-corrected chi connectivity index (χ3v) is 3.44. The van der Waals surface area contributed by atoms with Crippen LogP contribution in [0.15, 0.2) is 6.07 Å². The number of phenolic OH excluding ortho intramolecular Hbond substituents is 1. The number of carbonyl (C=O) groups excluding carboxylic acids is 1. The van der Waals surface area contributed by atoms with Gasteiger partial charge in [0.25, 0.3) is 5.91 Å². The number of aliphatic hydroxyl groups excluding tert-OH is 1. The van der Waals surface area contributed by atoms with Crippen molar-refractivity contribution in [1.29, 1.82) is 0 Å². The molecule has 2 unspecified atom stereocenters. The summed E-state index contributed by atoms with van der Waals surface area (Å²) in [7, 11) is 0. The third kappa shape index (κ3) is 2.87. The zero-order chi connectivity index (χ0) is 14.9. The smallest absolute Gasteiger partial charge is 0.254 e. The Morgan fingerprint density at radius 2 is 2.00 bits per heavy atom. The molecule has 1 fully saturated rings. The number of benzene rings is 1. The molecule has 4 nitrogen and oxygen atoms in total. The Morgan fingerprint density at radius 3 is 2.60 bits per heavy atom. The molecule has 110 valence electrons. The van der Waals surface area contributed by atoms with Crippen LogP contribution in [0.25, 0.3) is 0 Å². The van der Waals surface area contributed by atoms with E-state index in [1.165, 1.54) is 0 Å². The molecular weight excluding hydrogens is 275 g/mol. The van der Waals surface area contributed by atoms with Crippen molar-refractivity contribution in [3.05, 3.63) is 29.1 Å². The molecule has 0 aliphatic heterocycles. The summed E-state index contributed by atoms with van der Waals surface area (Å²) < 4.78 is 39.4. The lowest BCUT2D eigenvalue weighted by atomic mass is 10.1. The van der Waals surface area contributed by atoms with Gasteiger partial charge in [-0.25, -0.2) is 8.78 Å². The van der Waals surface area contributed by atoms with Crippen molar-refractivity contribution < 1.29 is 28.2 Å². The maximum Gasteiger partial charge on any atom is 0.254 e. The monoisotopic (exact) mass is 289 g/mol. The molecule has 2 atom stereocenters. The molecule has 20 heavy (non-hydrogen) atoms. The molecule has 1 amide bonds. The number of nitrogens with one attached hydrogen (secondary N) is 1. The number of hydrogen-bond donors (Lipinski definition) is 3. The average Bonchev–Trinajstić information content (AvgIpc) is 2.83. The Balaban J connectivity index is 2.06. The van der Waals surface area contributed by atoms with E-state index in [0.29, 0.717) is 18.9 Å². The number of hydrogen-bond acceptors (Lipinski definition) is 3. The van der Waals surface area contributed by atoms with Gasteiger partial charge in [-0.15, -0.1) is 0 Å². The fourth-order valence-corrected chi connectivity index (χ4v) is 2.32. The minimum Gasteiger partial charge on any atom is -0.503 e. The molecule has 2 rings (SSSR count). The minimum atomic E-state index is -1.72. The van der Waals surface area contributed by atoms with Crippen molar-refractivity contribution in [1.82, 2.24) is 5.32 Å². The highest BCUT2D eigenvalue weighted by atomic mass is 19.2. The number of phenols is 1. The van der Waals surface area contributed by atoms with Crippen LogP contribution in [0, 0.1) is 23.4 Å². The van der Waals surface area contributed by atoms with Gasteiger partial charge in [0.1, 0.15) is 0 Å². The number of carbonyl (C=O) groups is 1. The van der Waals surface area contributed by atoms with Crippen molar-refractivity contribution in [3.8, 4) is 5.75 Å². The number of aliphatic hydroxyl groups is 1. The van der Waals surface area contributed by atoms with E-state index in [-0.39, 0.29) is 12.5 Å². The summed E-state index contributed by atoms with van der Waals surface area (Å²) in [5.74, 6) is -7.09. The molecule has 1 saturated carbocycles. The second-order valence-corrected chi connectivity index (χ2v) is 4.93. The van der Waals surface area contributed by atoms with E-state index in [0.717, 1.165) is 6.42 Å². The fraction of sp³-hybridized carbons (Fsp3) is 0.462. The maximum atomic E-state index is 13.5. The van der Waals surface area contributed by atoms with Crippen molar-refractivity contribution in [2.45, 2.75) is 25.4 Å². The van der Waals surface area contributed by atoms with Gasteiger partial charge in [-0.3, -0.25) is 4.79 Å². The summed E-state index contributed by atoms with van der Waals surface area (Å²) in [5.41, 5.74) is -0.750. The molecule has 0 bridgehead atoms. The second-order valence-electron chi connectivity index (χ2n) is 4.93. The Labute approximate surface area is 113 Å². The highest BCUT2D eigenvalue weighted by Gasteiger charge is 2.25. The van der Waals surface area contributed by atoms with Crippen LogP contribution in [0.5, 0.6) is 5.75 Å². The summed E-state index contributed by atoms with van der Waals surface area (Å²) in [6.07, 6.45) is 1.50. The first-order chi connectivity index (χ1) is 9.40. The van der Waals surface area contributed by atoms with Gasteiger partial charge in [0, 0.05) is 6.54 Å². The van der Waals surface area contributed by atoms with Crippen LogP contribution < -0.4 is 5.32 Å². The van der Waals surface area contributed by atoms with Crippen LogP contribution in [0.4, 0.5) is 13.2 Å². The van der Waals surface area contributed by atoms with Crippen LogP contribution >= 0.6 is 0 Å². The van der Waals surface area contributed by atoms with E-state index >= 15 is 0 Å². The quantitative estimate of drug-likeness (QED) is 0.742. The molecule has 1 aliphatic rings. The van der Waals surface area contributed by atoms with Crippen LogP contribution in [0.1, 0.15) is 29.6 Å². The lowest BCUT2D eigenvalue weighted by Gasteiger charge is -2.12. The molecule has 1 aromatic rings. The highest BCUT2D eigenvalue weighted by molar-refractivity contribution is 5.94. The van der Waals surface area contributed by atoms with E-state index in [1.807, 2.05) is 0 Å². The van der Waals surface area contributed by atoms with Gasteiger partial charge in [0.15, 0.2) is 17.4 Å². The van der Waals surface area contributed by atoms with Gasteiger partial charge in [-0.2, -0.15) is 4.39 Å². The van der Waals surface area contributed by atoms with Crippen molar-refractivity contribution in [3.63, 3.8) is 0 Å². The summed E-state index contributed by atoms with van der Waals surface area (Å²) in [5, 5.41) is 20.7. The molecule has 1 aromatic carbocycles. The predicted molar refractivity (Wildman–Crippen MR) is 63.7 cm³/mol. The van der Waals surface area contributed by atoms with Gasteiger partial charge in [-0.1, -0.05) is 0 Å².